The Labute approximate surface area is 161 Å². The molecule has 0 unspecified atom stereocenters. The molecule has 0 aliphatic carbocycles. The van der Waals surface area contributed by atoms with Crippen molar-refractivity contribution in [3.05, 3.63) is 26.7 Å². The largest absolute Gasteiger partial charge is 0.332 e. The monoisotopic (exact) mass is 377 g/mol. The van der Waals surface area contributed by atoms with E-state index in [9.17, 15) is 9.59 Å². The van der Waals surface area contributed by atoms with E-state index >= 15 is 0 Å². The molecule has 0 atom stereocenters. The number of aromatic nitrogens is 4. The summed E-state index contributed by atoms with van der Waals surface area (Å²) >= 11 is 0. The fourth-order valence-electron chi connectivity index (χ4n) is 3.55. The van der Waals surface area contributed by atoms with Gasteiger partial charge in [-0.2, -0.15) is 0 Å². The Kier molecular flexibility index (Phi) is 7.83. The fraction of sp³-hybridized carbons (Fsp3) is 0.750. The number of imidazole rings is 1. The summed E-state index contributed by atoms with van der Waals surface area (Å²) in [5.74, 6) is 0.872. The number of aryl methyl sites for hydroxylation is 3. The molecule has 0 saturated carbocycles. The van der Waals surface area contributed by atoms with Gasteiger partial charge in [0, 0.05) is 27.1 Å². The number of hydrogen-bond acceptors (Lipinski definition) is 4. The number of fused-ring (bicyclic) bond motifs is 1. The minimum atomic E-state index is -0.329. The molecule has 2 rings (SSSR count). The van der Waals surface area contributed by atoms with E-state index < -0.39 is 0 Å². The lowest BCUT2D eigenvalue weighted by molar-refractivity contribution is 0.257. The summed E-state index contributed by atoms with van der Waals surface area (Å²) in [5, 5.41) is 0. The Hall–Kier alpha value is -1.89. The molecule has 0 N–H and O–H groups in total. The molecule has 152 valence electrons. The highest BCUT2D eigenvalue weighted by atomic mass is 16.2. The summed E-state index contributed by atoms with van der Waals surface area (Å²) < 4.78 is 4.67. The first-order chi connectivity index (χ1) is 13.0. The molecule has 7 nitrogen and oxygen atoms in total. The molecule has 2 aromatic rings. The van der Waals surface area contributed by atoms with Crippen LogP contribution in [0.25, 0.3) is 11.2 Å². The second kappa shape index (κ2) is 9.88. The molecular weight excluding hydrogens is 342 g/mol. The summed E-state index contributed by atoms with van der Waals surface area (Å²) in [7, 11) is 3.21. The van der Waals surface area contributed by atoms with Gasteiger partial charge in [-0.3, -0.25) is 13.9 Å². The Bertz CT molecular complexity index is 854. The van der Waals surface area contributed by atoms with Gasteiger partial charge in [0.2, 0.25) is 0 Å². The highest BCUT2D eigenvalue weighted by Crippen LogP contribution is 2.13. The standard InChI is InChI=1S/C20H35N5O2/c1-6-9-12-24(13-10-7-2)14-11-15-25-16(8-3)21-18-17(25)19(26)23(5)20(27)22(18)4/h6-15H2,1-5H3. The maximum atomic E-state index is 12.7. The van der Waals surface area contributed by atoms with Gasteiger partial charge in [-0.05, 0) is 38.9 Å². The second-order valence-electron chi connectivity index (χ2n) is 7.31. The molecule has 0 fully saturated rings. The van der Waals surface area contributed by atoms with Crippen molar-refractivity contribution < 1.29 is 0 Å². The molecule has 0 aromatic carbocycles. The van der Waals surface area contributed by atoms with Gasteiger partial charge < -0.3 is 9.47 Å². The number of nitrogens with zero attached hydrogens (tertiary/aromatic N) is 5. The van der Waals surface area contributed by atoms with Crippen LogP contribution in [0.2, 0.25) is 0 Å². The van der Waals surface area contributed by atoms with Crippen LogP contribution in [0.1, 0.15) is 58.7 Å². The van der Waals surface area contributed by atoms with Crippen molar-refractivity contribution in [2.24, 2.45) is 14.1 Å². The van der Waals surface area contributed by atoms with Gasteiger partial charge in [-0.1, -0.05) is 33.6 Å². The van der Waals surface area contributed by atoms with Gasteiger partial charge >= 0.3 is 5.69 Å². The van der Waals surface area contributed by atoms with Gasteiger partial charge in [0.15, 0.2) is 11.2 Å². The van der Waals surface area contributed by atoms with Crippen LogP contribution in [0.3, 0.4) is 0 Å². The van der Waals surface area contributed by atoms with Crippen LogP contribution in [0, 0.1) is 0 Å². The molecule has 2 aromatic heterocycles. The molecule has 0 aliphatic heterocycles. The third kappa shape index (κ3) is 4.69. The van der Waals surface area contributed by atoms with Gasteiger partial charge in [-0.15, -0.1) is 0 Å². The zero-order valence-corrected chi connectivity index (χ0v) is 17.6. The summed E-state index contributed by atoms with van der Waals surface area (Å²) in [6.07, 6.45) is 6.57. The summed E-state index contributed by atoms with van der Waals surface area (Å²) in [5.41, 5.74) is 0.457. The van der Waals surface area contributed by atoms with Crippen molar-refractivity contribution in [2.45, 2.75) is 65.8 Å². The normalized spacial score (nSPS) is 11.8. The van der Waals surface area contributed by atoms with Crippen LogP contribution in [0.5, 0.6) is 0 Å². The van der Waals surface area contributed by atoms with Crippen LogP contribution in [0.15, 0.2) is 9.59 Å². The highest BCUT2D eigenvalue weighted by Gasteiger charge is 2.18. The minimum Gasteiger partial charge on any atom is -0.322 e. The van der Waals surface area contributed by atoms with Crippen LogP contribution < -0.4 is 11.2 Å². The Morgan fingerprint density at radius 1 is 0.889 bits per heavy atom. The first-order valence-corrected chi connectivity index (χ1v) is 10.3. The first-order valence-electron chi connectivity index (χ1n) is 10.3. The van der Waals surface area contributed by atoms with E-state index in [4.69, 9.17) is 0 Å². The predicted octanol–water partition coefficient (Wildman–Crippen LogP) is 2.29. The average molecular weight is 378 g/mol. The molecule has 0 bridgehead atoms. The van der Waals surface area contributed by atoms with Gasteiger partial charge in [-0.25, -0.2) is 9.78 Å². The second-order valence-corrected chi connectivity index (χ2v) is 7.31. The minimum absolute atomic E-state index is 0.255. The molecule has 2 heterocycles. The Morgan fingerprint density at radius 2 is 1.48 bits per heavy atom. The summed E-state index contributed by atoms with van der Waals surface area (Å²) in [4.78, 5) is 32.0. The fourth-order valence-corrected chi connectivity index (χ4v) is 3.55. The molecule has 0 saturated heterocycles. The smallest absolute Gasteiger partial charge is 0.322 e. The number of hydrogen-bond donors (Lipinski definition) is 0. The SMILES string of the molecule is CCCCN(CCCC)CCCn1c(CC)nc2c1c(=O)n(C)c(=O)n2C. The maximum Gasteiger partial charge on any atom is 0.332 e. The van der Waals surface area contributed by atoms with Crippen molar-refractivity contribution in [1.29, 1.82) is 0 Å². The van der Waals surface area contributed by atoms with Crippen LogP contribution in [0.4, 0.5) is 0 Å². The third-order valence-corrected chi connectivity index (χ3v) is 5.26. The molecular formula is C20H35N5O2. The van der Waals surface area contributed by atoms with E-state index in [0.717, 1.165) is 44.8 Å². The van der Waals surface area contributed by atoms with Crippen molar-refractivity contribution in [3.8, 4) is 0 Å². The maximum absolute atomic E-state index is 12.7. The lowest BCUT2D eigenvalue weighted by Crippen LogP contribution is -2.37. The van der Waals surface area contributed by atoms with Crippen molar-refractivity contribution >= 4 is 11.2 Å². The van der Waals surface area contributed by atoms with Gasteiger partial charge in [0.05, 0.1) is 0 Å². The average Bonchev–Trinajstić information content (AvgIpc) is 3.05. The zero-order valence-electron chi connectivity index (χ0n) is 17.6. The zero-order chi connectivity index (χ0) is 20.0. The molecule has 0 amide bonds. The van der Waals surface area contributed by atoms with E-state index in [1.54, 1.807) is 7.05 Å². The molecule has 7 heteroatoms. The van der Waals surface area contributed by atoms with Crippen LogP contribution in [-0.2, 0) is 27.1 Å². The predicted molar refractivity (Wildman–Crippen MR) is 110 cm³/mol. The van der Waals surface area contributed by atoms with Gasteiger partial charge in [0.25, 0.3) is 5.56 Å². The Morgan fingerprint density at radius 3 is 2.04 bits per heavy atom. The lowest BCUT2D eigenvalue weighted by atomic mass is 10.2. The molecule has 0 aliphatic rings. The molecule has 27 heavy (non-hydrogen) atoms. The topological polar surface area (TPSA) is 65.1 Å². The van der Waals surface area contributed by atoms with Gasteiger partial charge in [0.1, 0.15) is 5.82 Å². The van der Waals surface area contributed by atoms with Crippen molar-refractivity contribution in [3.63, 3.8) is 0 Å². The first kappa shape index (κ1) is 21.4. The summed E-state index contributed by atoms with van der Waals surface area (Å²) in [6.45, 7) is 10.5. The summed E-state index contributed by atoms with van der Waals surface area (Å²) in [6, 6.07) is 0. The Balaban J connectivity index is 2.25. The van der Waals surface area contributed by atoms with Crippen LogP contribution >= 0.6 is 0 Å². The quantitative estimate of drug-likeness (QED) is 0.603. The number of unbranched alkanes of at least 4 members (excludes halogenated alkanes) is 2. The van der Waals surface area contributed by atoms with Crippen molar-refractivity contribution in [2.75, 3.05) is 19.6 Å². The highest BCUT2D eigenvalue weighted by molar-refractivity contribution is 5.71. The van der Waals surface area contributed by atoms with E-state index in [1.165, 1.54) is 41.9 Å². The van der Waals surface area contributed by atoms with Crippen molar-refractivity contribution in [1.82, 2.24) is 23.6 Å². The molecule has 0 radical (unpaired) electrons. The van der Waals surface area contributed by atoms with Crippen LogP contribution in [-0.4, -0.2) is 43.2 Å². The lowest BCUT2D eigenvalue weighted by Gasteiger charge is -2.22. The van der Waals surface area contributed by atoms with E-state index in [1.807, 2.05) is 11.5 Å². The van der Waals surface area contributed by atoms with E-state index in [0.29, 0.717) is 11.2 Å². The van der Waals surface area contributed by atoms with E-state index in [-0.39, 0.29) is 11.2 Å². The molecule has 0 spiro atoms. The third-order valence-electron chi connectivity index (χ3n) is 5.26. The number of rotatable bonds is 11. The van der Waals surface area contributed by atoms with E-state index in [2.05, 4.69) is 23.7 Å².